The second kappa shape index (κ2) is 9.12. The topological polar surface area (TPSA) is 78.5 Å². The van der Waals surface area contributed by atoms with Crippen LogP contribution in [0.3, 0.4) is 0 Å². The number of carbonyl (C=O) groups excluding carboxylic acids is 3. The van der Waals surface area contributed by atoms with Gasteiger partial charge >= 0.3 is 0 Å². The van der Waals surface area contributed by atoms with Crippen LogP contribution in [-0.2, 0) is 20.9 Å². The maximum absolute atomic E-state index is 13.7. The first kappa shape index (κ1) is 22.0. The van der Waals surface area contributed by atoms with Crippen molar-refractivity contribution < 1.29 is 14.4 Å². The zero-order valence-electron chi connectivity index (χ0n) is 18.5. The number of ketones is 1. The molecule has 0 saturated heterocycles. The molecule has 1 unspecified atom stereocenters. The summed E-state index contributed by atoms with van der Waals surface area (Å²) in [6, 6.07) is 27.4. The number of hydrogen-bond acceptors (Lipinski definition) is 4. The molecule has 0 aliphatic carbocycles. The highest BCUT2D eigenvalue weighted by Gasteiger charge is 2.55. The van der Waals surface area contributed by atoms with Crippen molar-refractivity contribution in [3.63, 3.8) is 0 Å². The predicted molar refractivity (Wildman–Crippen MR) is 128 cm³/mol. The van der Waals surface area contributed by atoms with Crippen LogP contribution in [0.2, 0.25) is 0 Å². The van der Waals surface area contributed by atoms with Crippen LogP contribution in [0, 0.1) is 0 Å². The molecule has 166 valence electrons. The number of nitrogens with zero attached hydrogens (tertiary/aromatic N) is 1. The van der Waals surface area contributed by atoms with Gasteiger partial charge in [-0.25, -0.2) is 0 Å². The first-order chi connectivity index (χ1) is 15.9. The minimum atomic E-state index is -1.58. The number of carbonyl (C=O) groups is 3. The molecule has 0 bridgehead atoms. The lowest BCUT2D eigenvalue weighted by Gasteiger charge is -2.35. The van der Waals surface area contributed by atoms with E-state index >= 15 is 0 Å². The molecule has 0 aromatic heterocycles. The van der Waals surface area contributed by atoms with Crippen molar-refractivity contribution >= 4 is 29.0 Å². The van der Waals surface area contributed by atoms with Gasteiger partial charge in [-0.3, -0.25) is 14.4 Å². The molecule has 0 spiro atoms. The van der Waals surface area contributed by atoms with E-state index in [0.29, 0.717) is 23.6 Å². The average molecular weight is 440 g/mol. The van der Waals surface area contributed by atoms with Gasteiger partial charge in [-0.05, 0) is 43.7 Å². The molecule has 1 heterocycles. The van der Waals surface area contributed by atoms with E-state index in [4.69, 9.17) is 0 Å². The predicted octanol–water partition coefficient (Wildman–Crippen LogP) is 4.38. The molecule has 2 N–H and O–H groups in total. The van der Waals surface area contributed by atoms with E-state index < -0.39 is 23.1 Å². The largest absolute Gasteiger partial charge is 0.349 e. The number of allylic oxidation sites excluding steroid dienone is 1. The molecule has 1 aliphatic heterocycles. The third kappa shape index (κ3) is 4.28. The van der Waals surface area contributed by atoms with E-state index in [-0.39, 0.29) is 5.57 Å². The zero-order chi connectivity index (χ0) is 23.4. The van der Waals surface area contributed by atoms with Crippen LogP contribution in [0.1, 0.15) is 19.4 Å². The number of Topliss-reactive ketones (excluding diaryl/α,β-unsaturated/α-hetero) is 1. The lowest BCUT2D eigenvalue weighted by molar-refractivity contribution is -0.135. The molecule has 3 aromatic rings. The number of hydrogen-bond donors (Lipinski definition) is 2. The molecular formula is C27H25N3O3. The van der Waals surface area contributed by atoms with E-state index in [2.05, 4.69) is 10.6 Å². The summed E-state index contributed by atoms with van der Waals surface area (Å²) < 4.78 is 0. The third-order valence-electron chi connectivity index (χ3n) is 5.89. The molecule has 33 heavy (non-hydrogen) atoms. The summed E-state index contributed by atoms with van der Waals surface area (Å²) in [6.07, 6.45) is 0. The van der Waals surface area contributed by atoms with E-state index in [1.54, 1.807) is 67.3 Å². The fraction of sp³-hybridized carbons (Fsp3) is 0.148. The SMILES string of the molecule is CC1=C(C(=O)Nc2ccccc2)C(=O)C(C)(C(=O)Nc2ccccc2)N1Cc1ccccc1. The van der Waals surface area contributed by atoms with Crippen LogP contribution >= 0.6 is 0 Å². The summed E-state index contributed by atoms with van der Waals surface area (Å²) in [5, 5.41) is 5.62. The molecule has 0 saturated carbocycles. The number of nitrogens with one attached hydrogen (secondary N) is 2. The summed E-state index contributed by atoms with van der Waals surface area (Å²) in [5.74, 6) is -1.55. The molecule has 4 rings (SSSR count). The van der Waals surface area contributed by atoms with Gasteiger partial charge in [-0.1, -0.05) is 66.7 Å². The van der Waals surface area contributed by atoms with Crippen molar-refractivity contribution in [3.8, 4) is 0 Å². The Balaban J connectivity index is 1.70. The lowest BCUT2D eigenvalue weighted by Crippen LogP contribution is -2.55. The van der Waals surface area contributed by atoms with E-state index in [1.165, 1.54) is 0 Å². The highest BCUT2D eigenvalue weighted by Crippen LogP contribution is 2.37. The Morgan fingerprint density at radius 2 is 1.27 bits per heavy atom. The molecule has 1 atom stereocenters. The van der Waals surface area contributed by atoms with Crippen molar-refractivity contribution in [3.05, 3.63) is 108 Å². The van der Waals surface area contributed by atoms with E-state index in [0.717, 1.165) is 5.56 Å². The van der Waals surface area contributed by atoms with Crippen molar-refractivity contribution in [2.45, 2.75) is 25.9 Å². The molecule has 1 aliphatic rings. The molecule has 0 radical (unpaired) electrons. The highest BCUT2D eigenvalue weighted by atomic mass is 16.2. The van der Waals surface area contributed by atoms with Gasteiger partial charge in [0, 0.05) is 23.6 Å². The Morgan fingerprint density at radius 1 is 0.788 bits per heavy atom. The lowest BCUT2D eigenvalue weighted by atomic mass is 9.91. The van der Waals surface area contributed by atoms with Crippen molar-refractivity contribution in [2.24, 2.45) is 0 Å². The molecule has 2 amide bonds. The van der Waals surface area contributed by atoms with Gasteiger partial charge in [-0.15, -0.1) is 0 Å². The van der Waals surface area contributed by atoms with Crippen molar-refractivity contribution in [1.82, 2.24) is 4.90 Å². The molecule has 6 heteroatoms. The first-order valence-corrected chi connectivity index (χ1v) is 10.7. The van der Waals surface area contributed by atoms with Gasteiger partial charge in [0.2, 0.25) is 5.78 Å². The van der Waals surface area contributed by atoms with Gasteiger partial charge in [0.25, 0.3) is 11.8 Å². The van der Waals surface area contributed by atoms with Gasteiger partial charge in [0.15, 0.2) is 5.54 Å². The summed E-state index contributed by atoms with van der Waals surface area (Å²) in [7, 11) is 0. The Kier molecular flexibility index (Phi) is 6.09. The van der Waals surface area contributed by atoms with Crippen molar-refractivity contribution in [2.75, 3.05) is 10.6 Å². The Labute approximate surface area is 192 Å². The van der Waals surface area contributed by atoms with Crippen LogP contribution < -0.4 is 10.6 Å². The van der Waals surface area contributed by atoms with Crippen LogP contribution in [0.15, 0.2) is 102 Å². The first-order valence-electron chi connectivity index (χ1n) is 10.7. The second-order valence-corrected chi connectivity index (χ2v) is 8.07. The van der Waals surface area contributed by atoms with Crippen molar-refractivity contribution in [1.29, 1.82) is 0 Å². The molecule has 6 nitrogen and oxygen atoms in total. The van der Waals surface area contributed by atoms with E-state index in [9.17, 15) is 14.4 Å². The molecular weight excluding hydrogens is 414 g/mol. The normalized spacial score (nSPS) is 17.8. The fourth-order valence-electron chi connectivity index (χ4n) is 4.03. The Bertz CT molecular complexity index is 1210. The number of amides is 2. The second-order valence-electron chi connectivity index (χ2n) is 8.07. The van der Waals surface area contributed by atoms with Gasteiger partial charge in [-0.2, -0.15) is 0 Å². The fourth-order valence-corrected chi connectivity index (χ4v) is 4.03. The maximum Gasteiger partial charge on any atom is 0.261 e. The quantitative estimate of drug-likeness (QED) is 0.441. The zero-order valence-corrected chi connectivity index (χ0v) is 18.5. The standard InChI is InChI=1S/C27H25N3O3/c1-19-23(25(32)28-21-14-8-4-9-15-21)24(31)27(2,26(33)29-22-16-10-5-11-17-22)30(19)18-20-12-6-3-7-13-20/h3-17H,18H2,1-2H3,(H,28,32)(H,29,33). The van der Waals surface area contributed by atoms with Crippen LogP contribution in [0.4, 0.5) is 11.4 Å². The van der Waals surface area contributed by atoms with Gasteiger partial charge in [0.05, 0.1) is 0 Å². The monoisotopic (exact) mass is 439 g/mol. The third-order valence-corrected chi connectivity index (χ3v) is 5.89. The number of anilines is 2. The van der Waals surface area contributed by atoms with Crippen LogP contribution in [-0.4, -0.2) is 28.0 Å². The summed E-state index contributed by atoms with van der Waals surface area (Å²) in [6.45, 7) is 3.59. The van der Waals surface area contributed by atoms with Crippen LogP contribution in [0.5, 0.6) is 0 Å². The minimum Gasteiger partial charge on any atom is -0.349 e. The highest BCUT2D eigenvalue weighted by molar-refractivity contribution is 6.34. The number of para-hydroxylation sites is 2. The number of rotatable bonds is 6. The number of benzene rings is 3. The Hall–Kier alpha value is -4.19. The Morgan fingerprint density at radius 3 is 1.82 bits per heavy atom. The maximum atomic E-state index is 13.7. The van der Waals surface area contributed by atoms with Crippen LogP contribution in [0.25, 0.3) is 0 Å². The average Bonchev–Trinajstić information content (AvgIpc) is 3.02. The minimum absolute atomic E-state index is 0.0134. The summed E-state index contributed by atoms with van der Waals surface area (Å²) in [4.78, 5) is 42.0. The van der Waals surface area contributed by atoms with E-state index in [1.807, 2.05) is 42.5 Å². The summed E-state index contributed by atoms with van der Waals surface area (Å²) in [5.41, 5.74) is 0.944. The molecule has 0 fully saturated rings. The molecule has 3 aromatic carbocycles. The van der Waals surface area contributed by atoms with Gasteiger partial charge < -0.3 is 15.5 Å². The summed E-state index contributed by atoms with van der Waals surface area (Å²) >= 11 is 0. The smallest absolute Gasteiger partial charge is 0.261 e. The van der Waals surface area contributed by atoms with Gasteiger partial charge in [0.1, 0.15) is 5.57 Å².